The standard InChI is InChI=1S/C13H19NO2.ClH/c1-10(13(15)16-2)8-12(14)9-11-6-4-3-5-7-11;/h3-7,10,12H,8-9,14H2,1-2H3;1H. The van der Waals surface area contributed by atoms with E-state index in [1.54, 1.807) is 0 Å². The molecule has 17 heavy (non-hydrogen) atoms. The summed E-state index contributed by atoms with van der Waals surface area (Å²) in [6.45, 7) is 1.84. The van der Waals surface area contributed by atoms with E-state index in [0.717, 1.165) is 6.42 Å². The second kappa shape index (κ2) is 8.09. The largest absolute Gasteiger partial charge is 0.469 e. The number of halogens is 1. The van der Waals surface area contributed by atoms with Gasteiger partial charge in [0.1, 0.15) is 0 Å². The van der Waals surface area contributed by atoms with Gasteiger partial charge in [-0.15, -0.1) is 12.4 Å². The lowest BCUT2D eigenvalue weighted by Crippen LogP contribution is -2.28. The lowest BCUT2D eigenvalue weighted by Gasteiger charge is -2.15. The number of esters is 1. The van der Waals surface area contributed by atoms with Crippen LogP contribution in [0.3, 0.4) is 0 Å². The molecular weight excluding hydrogens is 238 g/mol. The fourth-order valence-corrected chi connectivity index (χ4v) is 1.75. The van der Waals surface area contributed by atoms with Crippen LogP contribution in [-0.2, 0) is 16.0 Å². The molecule has 0 radical (unpaired) electrons. The number of carbonyl (C=O) groups excluding carboxylic acids is 1. The van der Waals surface area contributed by atoms with Crippen molar-refractivity contribution in [2.24, 2.45) is 11.7 Å². The molecule has 0 spiro atoms. The number of hydrogen-bond acceptors (Lipinski definition) is 3. The Balaban J connectivity index is 0.00000256. The maximum Gasteiger partial charge on any atom is 0.308 e. The van der Waals surface area contributed by atoms with E-state index < -0.39 is 0 Å². The lowest BCUT2D eigenvalue weighted by molar-refractivity contribution is -0.145. The van der Waals surface area contributed by atoms with Crippen LogP contribution >= 0.6 is 12.4 Å². The predicted molar refractivity (Wildman–Crippen MR) is 71.2 cm³/mol. The Morgan fingerprint density at radius 2 is 1.94 bits per heavy atom. The third kappa shape index (κ3) is 5.71. The van der Waals surface area contributed by atoms with Gasteiger partial charge in [0, 0.05) is 6.04 Å². The molecule has 0 fully saturated rings. The molecule has 0 bridgehead atoms. The van der Waals surface area contributed by atoms with Crippen LogP contribution in [-0.4, -0.2) is 19.1 Å². The lowest BCUT2D eigenvalue weighted by atomic mass is 9.97. The summed E-state index contributed by atoms with van der Waals surface area (Å²) in [5, 5.41) is 0. The Kier molecular flexibility index (Phi) is 7.59. The summed E-state index contributed by atoms with van der Waals surface area (Å²) in [5.41, 5.74) is 7.19. The van der Waals surface area contributed by atoms with Gasteiger partial charge in [-0.1, -0.05) is 37.3 Å². The number of ether oxygens (including phenoxy) is 1. The van der Waals surface area contributed by atoms with Crippen molar-refractivity contribution in [2.75, 3.05) is 7.11 Å². The highest BCUT2D eigenvalue weighted by molar-refractivity contribution is 5.85. The van der Waals surface area contributed by atoms with Crippen molar-refractivity contribution in [1.82, 2.24) is 0 Å². The zero-order valence-electron chi connectivity index (χ0n) is 10.3. The average molecular weight is 258 g/mol. The molecule has 0 amide bonds. The van der Waals surface area contributed by atoms with Crippen molar-refractivity contribution in [2.45, 2.75) is 25.8 Å². The topological polar surface area (TPSA) is 52.3 Å². The molecule has 0 saturated carbocycles. The number of nitrogens with two attached hydrogens (primary N) is 1. The maximum atomic E-state index is 11.2. The van der Waals surface area contributed by atoms with Crippen molar-refractivity contribution >= 4 is 18.4 Å². The van der Waals surface area contributed by atoms with Crippen LogP contribution in [0.15, 0.2) is 30.3 Å². The third-order valence-electron chi connectivity index (χ3n) is 2.60. The van der Waals surface area contributed by atoms with Crippen molar-refractivity contribution in [3.63, 3.8) is 0 Å². The summed E-state index contributed by atoms with van der Waals surface area (Å²) in [6.07, 6.45) is 1.45. The van der Waals surface area contributed by atoms with Gasteiger partial charge in [-0.25, -0.2) is 0 Å². The van der Waals surface area contributed by atoms with Gasteiger partial charge in [0.15, 0.2) is 0 Å². The van der Waals surface area contributed by atoms with Gasteiger partial charge in [-0.3, -0.25) is 4.79 Å². The fraction of sp³-hybridized carbons (Fsp3) is 0.462. The number of hydrogen-bond donors (Lipinski definition) is 1. The SMILES string of the molecule is COC(=O)C(C)CC(N)Cc1ccccc1.Cl. The molecule has 3 nitrogen and oxygen atoms in total. The van der Waals surface area contributed by atoms with Gasteiger partial charge in [0.2, 0.25) is 0 Å². The van der Waals surface area contributed by atoms with Crippen LogP contribution < -0.4 is 5.73 Å². The van der Waals surface area contributed by atoms with Crippen LogP contribution in [0.25, 0.3) is 0 Å². The molecule has 2 atom stereocenters. The molecule has 2 unspecified atom stereocenters. The highest BCUT2D eigenvalue weighted by Gasteiger charge is 2.16. The molecule has 4 heteroatoms. The molecule has 1 aromatic rings. The van der Waals surface area contributed by atoms with E-state index in [-0.39, 0.29) is 30.3 Å². The quantitative estimate of drug-likeness (QED) is 0.823. The molecule has 0 heterocycles. The normalized spacial score (nSPS) is 13.4. The molecule has 0 aromatic heterocycles. The first-order valence-electron chi connectivity index (χ1n) is 5.50. The Morgan fingerprint density at radius 1 is 1.35 bits per heavy atom. The molecule has 0 aliphatic rings. The van der Waals surface area contributed by atoms with Gasteiger partial charge in [-0.2, -0.15) is 0 Å². The first-order chi connectivity index (χ1) is 7.63. The number of methoxy groups -OCH3 is 1. The van der Waals surface area contributed by atoms with Gasteiger partial charge >= 0.3 is 5.97 Å². The van der Waals surface area contributed by atoms with E-state index in [0.29, 0.717) is 6.42 Å². The zero-order chi connectivity index (χ0) is 12.0. The van der Waals surface area contributed by atoms with Crippen LogP contribution in [0.2, 0.25) is 0 Å². The monoisotopic (exact) mass is 257 g/mol. The first-order valence-corrected chi connectivity index (χ1v) is 5.50. The van der Waals surface area contributed by atoms with Crippen LogP contribution in [0, 0.1) is 5.92 Å². The van der Waals surface area contributed by atoms with E-state index in [1.807, 2.05) is 37.3 Å². The van der Waals surface area contributed by atoms with Crippen molar-refractivity contribution < 1.29 is 9.53 Å². The Hall–Kier alpha value is -1.06. The molecule has 2 N–H and O–H groups in total. The third-order valence-corrected chi connectivity index (χ3v) is 2.60. The first kappa shape index (κ1) is 15.9. The summed E-state index contributed by atoms with van der Waals surface area (Å²) in [4.78, 5) is 11.2. The average Bonchev–Trinajstić information content (AvgIpc) is 2.29. The maximum absolute atomic E-state index is 11.2. The zero-order valence-corrected chi connectivity index (χ0v) is 11.1. The van der Waals surface area contributed by atoms with Crippen LogP contribution in [0.1, 0.15) is 18.9 Å². The van der Waals surface area contributed by atoms with E-state index in [9.17, 15) is 4.79 Å². The van der Waals surface area contributed by atoms with E-state index >= 15 is 0 Å². The van der Waals surface area contributed by atoms with Crippen molar-refractivity contribution in [3.8, 4) is 0 Å². The van der Waals surface area contributed by atoms with Gasteiger partial charge in [0.05, 0.1) is 13.0 Å². The molecule has 0 aliphatic carbocycles. The molecule has 1 rings (SSSR count). The molecule has 96 valence electrons. The minimum atomic E-state index is -0.191. The fourth-order valence-electron chi connectivity index (χ4n) is 1.75. The summed E-state index contributed by atoms with van der Waals surface area (Å²) < 4.78 is 4.67. The highest BCUT2D eigenvalue weighted by Crippen LogP contribution is 2.11. The smallest absolute Gasteiger partial charge is 0.308 e. The number of carbonyl (C=O) groups is 1. The minimum absolute atomic E-state index is 0. The molecule has 0 aliphatic heterocycles. The summed E-state index contributed by atoms with van der Waals surface area (Å²) in [6, 6.07) is 10.0. The summed E-state index contributed by atoms with van der Waals surface area (Å²) >= 11 is 0. The van der Waals surface area contributed by atoms with E-state index in [2.05, 4.69) is 4.74 Å². The van der Waals surface area contributed by atoms with Crippen molar-refractivity contribution in [3.05, 3.63) is 35.9 Å². The summed E-state index contributed by atoms with van der Waals surface area (Å²) in [7, 11) is 1.40. The molecular formula is C13H20ClNO2. The van der Waals surface area contributed by atoms with Crippen molar-refractivity contribution in [1.29, 1.82) is 0 Å². The van der Waals surface area contributed by atoms with Gasteiger partial charge in [-0.05, 0) is 18.4 Å². The van der Waals surface area contributed by atoms with E-state index in [1.165, 1.54) is 12.7 Å². The number of rotatable bonds is 5. The van der Waals surface area contributed by atoms with Gasteiger partial charge in [0.25, 0.3) is 0 Å². The van der Waals surface area contributed by atoms with Gasteiger partial charge < -0.3 is 10.5 Å². The molecule has 0 saturated heterocycles. The van der Waals surface area contributed by atoms with E-state index in [4.69, 9.17) is 5.73 Å². The highest BCUT2D eigenvalue weighted by atomic mass is 35.5. The second-order valence-corrected chi connectivity index (χ2v) is 4.11. The Labute approximate surface area is 109 Å². The Bertz CT molecular complexity index is 329. The summed E-state index contributed by atoms with van der Waals surface area (Å²) in [5.74, 6) is -0.327. The number of benzene rings is 1. The molecule has 1 aromatic carbocycles. The minimum Gasteiger partial charge on any atom is -0.469 e. The second-order valence-electron chi connectivity index (χ2n) is 4.11. The van der Waals surface area contributed by atoms with Crippen LogP contribution in [0.5, 0.6) is 0 Å². The predicted octanol–water partition coefficient (Wildman–Crippen LogP) is 2.18. The van der Waals surface area contributed by atoms with Crippen LogP contribution in [0.4, 0.5) is 0 Å². The Morgan fingerprint density at radius 3 is 2.47 bits per heavy atom.